The second-order valence-electron chi connectivity index (χ2n) is 5.44. The fourth-order valence-corrected chi connectivity index (χ4v) is 2.95. The summed E-state index contributed by atoms with van der Waals surface area (Å²) >= 11 is 0. The average molecular weight is 222 g/mol. The van der Waals surface area contributed by atoms with Crippen LogP contribution in [0.4, 0.5) is 0 Å². The predicted molar refractivity (Wildman–Crippen MR) is 69.6 cm³/mol. The number of hydrogen-bond acceptors (Lipinski definition) is 2. The van der Waals surface area contributed by atoms with Gasteiger partial charge in [0.2, 0.25) is 0 Å². The molecule has 1 heterocycles. The lowest BCUT2D eigenvalue weighted by Gasteiger charge is -2.24. The van der Waals surface area contributed by atoms with E-state index < -0.39 is 0 Å². The first-order chi connectivity index (χ1) is 7.84. The van der Waals surface area contributed by atoms with Gasteiger partial charge in [0.25, 0.3) is 0 Å². The minimum absolute atomic E-state index is 0.653. The summed E-state index contributed by atoms with van der Waals surface area (Å²) in [5, 5.41) is 7.43. The van der Waals surface area contributed by atoms with E-state index in [9.17, 15) is 0 Å². The molecule has 2 atom stereocenters. The molecule has 2 N–H and O–H groups in total. The third-order valence-corrected chi connectivity index (χ3v) is 3.83. The topological polar surface area (TPSA) is 24.1 Å². The molecule has 0 saturated carbocycles. The highest BCUT2D eigenvalue weighted by Crippen LogP contribution is 2.15. The number of hydrogen-bond donors (Lipinski definition) is 2. The molecule has 0 aromatic heterocycles. The third-order valence-electron chi connectivity index (χ3n) is 3.83. The van der Waals surface area contributed by atoms with Crippen LogP contribution in [0.2, 0.25) is 0 Å². The molecular weight excluding hydrogens is 196 g/mol. The van der Waals surface area contributed by atoms with Crippen LogP contribution in [0.3, 0.4) is 0 Å². The lowest BCUT2D eigenvalue weighted by Crippen LogP contribution is -2.40. The molecule has 2 aliphatic rings. The zero-order chi connectivity index (χ0) is 11.2. The van der Waals surface area contributed by atoms with Crippen LogP contribution in [0.15, 0.2) is 12.2 Å². The van der Waals surface area contributed by atoms with Crippen molar-refractivity contribution in [2.45, 2.75) is 70.0 Å². The lowest BCUT2D eigenvalue weighted by molar-refractivity contribution is 0.374. The molecule has 16 heavy (non-hydrogen) atoms. The first-order valence-electron chi connectivity index (χ1n) is 6.99. The Morgan fingerprint density at radius 2 is 2.06 bits per heavy atom. The normalized spacial score (nSPS) is 29.2. The Morgan fingerprint density at radius 3 is 2.88 bits per heavy atom. The van der Waals surface area contributed by atoms with Crippen LogP contribution in [0.1, 0.15) is 51.9 Å². The summed E-state index contributed by atoms with van der Waals surface area (Å²) in [6, 6.07) is 2.11. The molecule has 0 spiro atoms. The summed E-state index contributed by atoms with van der Waals surface area (Å²) in [4.78, 5) is 0. The Labute approximate surface area is 99.9 Å². The van der Waals surface area contributed by atoms with E-state index in [0.717, 1.165) is 6.04 Å². The van der Waals surface area contributed by atoms with Crippen LogP contribution in [0.25, 0.3) is 0 Å². The van der Waals surface area contributed by atoms with Gasteiger partial charge in [-0.2, -0.15) is 0 Å². The van der Waals surface area contributed by atoms with Crippen LogP contribution in [-0.4, -0.2) is 24.7 Å². The summed E-state index contributed by atoms with van der Waals surface area (Å²) in [5.41, 5.74) is 0. The molecule has 1 aliphatic heterocycles. The summed E-state index contributed by atoms with van der Waals surface area (Å²) in [6.07, 6.45) is 13.9. The van der Waals surface area contributed by atoms with E-state index in [4.69, 9.17) is 0 Å². The van der Waals surface area contributed by atoms with Crippen molar-refractivity contribution in [3.05, 3.63) is 12.2 Å². The zero-order valence-corrected chi connectivity index (χ0v) is 10.5. The first kappa shape index (κ1) is 12.1. The highest BCUT2D eigenvalue weighted by atomic mass is 15.0. The van der Waals surface area contributed by atoms with E-state index in [2.05, 4.69) is 29.7 Å². The number of nitrogens with one attached hydrogen (secondary N) is 2. The van der Waals surface area contributed by atoms with Crippen LogP contribution >= 0.6 is 0 Å². The van der Waals surface area contributed by atoms with Crippen molar-refractivity contribution < 1.29 is 0 Å². The quantitative estimate of drug-likeness (QED) is 0.715. The van der Waals surface area contributed by atoms with E-state index in [1.165, 1.54) is 51.5 Å². The van der Waals surface area contributed by atoms with E-state index in [1.54, 1.807) is 0 Å². The Kier molecular flexibility index (Phi) is 4.86. The van der Waals surface area contributed by atoms with Gasteiger partial charge in [-0.15, -0.1) is 0 Å². The highest BCUT2D eigenvalue weighted by Gasteiger charge is 2.17. The second kappa shape index (κ2) is 6.41. The number of rotatable bonds is 4. The Bertz CT molecular complexity index is 209. The molecule has 92 valence electrons. The second-order valence-corrected chi connectivity index (χ2v) is 5.44. The largest absolute Gasteiger partial charge is 0.314 e. The molecule has 0 aromatic carbocycles. The molecule has 0 amide bonds. The van der Waals surface area contributed by atoms with Crippen LogP contribution in [-0.2, 0) is 0 Å². The summed E-state index contributed by atoms with van der Waals surface area (Å²) in [6.45, 7) is 3.56. The third kappa shape index (κ3) is 3.91. The molecule has 1 aliphatic carbocycles. The van der Waals surface area contributed by atoms with Gasteiger partial charge in [0.05, 0.1) is 0 Å². The summed E-state index contributed by atoms with van der Waals surface area (Å²) in [7, 11) is 0. The van der Waals surface area contributed by atoms with Gasteiger partial charge < -0.3 is 10.6 Å². The van der Waals surface area contributed by atoms with Crippen molar-refractivity contribution in [2.75, 3.05) is 6.54 Å². The van der Waals surface area contributed by atoms with E-state index in [1.807, 2.05) is 0 Å². The molecule has 1 fully saturated rings. The van der Waals surface area contributed by atoms with Gasteiger partial charge in [-0.25, -0.2) is 0 Å². The molecule has 0 bridgehead atoms. The van der Waals surface area contributed by atoms with Gasteiger partial charge in [0, 0.05) is 18.1 Å². The standard InChI is InChI=1S/C14H26N2/c1-12(16-13-7-4-5-8-13)11-14-9-3-2-6-10-15-14/h4-5,12-16H,2-3,6-11H2,1H3. The van der Waals surface area contributed by atoms with Crippen molar-refractivity contribution in [1.82, 2.24) is 10.6 Å². The van der Waals surface area contributed by atoms with Crippen molar-refractivity contribution in [3.8, 4) is 0 Å². The molecule has 1 saturated heterocycles. The molecule has 0 radical (unpaired) electrons. The van der Waals surface area contributed by atoms with Gasteiger partial charge in [-0.1, -0.05) is 25.0 Å². The predicted octanol–water partition coefficient (Wildman–Crippen LogP) is 2.61. The SMILES string of the molecule is CC(CC1CCCCCN1)NC1CC=CC1. The average Bonchev–Trinajstić information content (AvgIpc) is 2.62. The smallest absolute Gasteiger partial charge is 0.0138 e. The molecular formula is C14H26N2. The van der Waals surface area contributed by atoms with Crippen LogP contribution in [0, 0.1) is 0 Å². The van der Waals surface area contributed by atoms with Gasteiger partial charge in [-0.3, -0.25) is 0 Å². The van der Waals surface area contributed by atoms with Gasteiger partial charge in [-0.05, 0) is 45.6 Å². The monoisotopic (exact) mass is 222 g/mol. The molecule has 0 aromatic rings. The van der Waals surface area contributed by atoms with Crippen molar-refractivity contribution >= 4 is 0 Å². The van der Waals surface area contributed by atoms with E-state index in [0.29, 0.717) is 12.1 Å². The minimum atomic E-state index is 0.653. The Hall–Kier alpha value is -0.340. The fraction of sp³-hybridized carbons (Fsp3) is 0.857. The van der Waals surface area contributed by atoms with Crippen molar-refractivity contribution in [1.29, 1.82) is 0 Å². The summed E-state index contributed by atoms with van der Waals surface area (Å²) in [5.74, 6) is 0. The van der Waals surface area contributed by atoms with Crippen molar-refractivity contribution in [3.63, 3.8) is 0 Å². The maximum Gasteiger partial charge on any atom is 0.0138 e. The molecule has 2 heteroatoms. The van der Waals surface area contributed by atoms with Gasteiger partial charge in [0.15, 0.2) is 0 Å². The maximum absolute atomic E-state index is 3.74. The highest BCUT2D eigenvalue weighted by molar-refractivity contribution is 4.98. The van der Waals surface area contributed by atoms with E-state index in [-0.39, 0.29) is 0 Å². The van der Waals surface area contributed by atoms with Crippen LogP contribution < -0.4 is 10.6 Å². The molecule has 2 nitrogen and oxygen atoms in total. The molecule has 2 unspecified atom stereocenters. The maximum atomic E-state index is 3.74. The Balaban J connectivity index is 1.66. The fourth-order valence-electron chi connectivity index (χ4n) is 2.95. The molecule has 2 rings (SSSR count). The zero-order valence-electron chi connectivity index (χ0n) is 10.5. The van der Waals surface area contributed by atoms with E-state index >= 15 is 0 Å². The van der Waals surface area contributed by atoms with Crippen molar-refractivity contribution in [2.24, 2.45) is 0 Å². The lowest BCUT2D eigenvalue weighted by atomic mass is 10.0. The van der Waals surface area contributed by atoms with Crippen LogP contribution in [0.5, 0.6) is 0 Å². The van der Waals surface area contributed by atoms with Gasteiger partial charge >= 0.3 is 0 Å². The van der Waals surface area contributed by atoms with Gasteiger partial charge in [0.1, 0.15) is 0 Å². The Morgan fingerprint density at radius 1 is 1.25 bits per heavy atom. The minimum Gasteiger partial charge on any atom is -0.314 e. The summed E-state index contributed by atoms with van der Waals surface area (Å²) < 4.78 is 0. The first-order valence-corrected chi connectivity index (χ1v) is 6.99.